The van der Waals surface area contributed by atoms with Crippen molar-refractivity contribution in [3.05, 3.63) is 99.9 Å². The number of esters is 1. The fourth-order valence-corrected chi connectivity index (χ4v) is 6.38. The Morgan fingerprint density at radius 2 is 1.60 bits per heavy atom. The first kappa shape index (κ1) is 29.6. The molecule has 2 heterocycles. The minimum Gasteiger partial charge on any atom is -0.448 e. The third-order valence-corrected chi connectivity index (χ3v) is 8.89. The second kappa shape index (κ2) is 12.2. The van der Waals surface area contributed by atoms with Gasteiger partial charge in [0.2, 0.25) is 5.13 Å². The topological polar surface area (TPSA) is 149 Å². The average molecular weight is 618 g/mol. The van der Waals surface area contributed by atoms with Crippen LogP contribution in [0.15, 0.2) is 88.6 Å². The lowest BCUT2D eigenvalue weighted by Crippen LogP contribution is -2.34. The van der Waals surface area contributed by atoms with Gasteiger partial charge in [0.25, 0.3) is 21.5 Å². The van der Waals surface area contributed by atoms with Crippen molar-refractivity contribution in [1.29, 1.82) is 0 Å². The van der Waals surface area contributed by atoms with Gasteiger partial charge in [0.05, 0.1) is 4.90 Å². The number of ether oxygens (including phenoxy) is 1. The van der Waals surface area contributed by atoms with Gasteiger partial charge in [0, 0.05) is 23.7 Å². The van der Waals surface area contributed by atoms with Crippen LogP contribution in [-0.2, 0) is 26.6 Å². The molecule has 0 radical (unpaired) electrons. The van der Waals surface area contributed by atoms with Gasteiger partial charge in [-0.15, -0.1) is 10.2 Å². The second-order valence-corrected chi connectivity index (χ2v) is 12.4. The van der Waals surface area contributed by atoms with Crippen molar-refractivity contribution < 1.29 is 22.7 Å². The van der Waals surface area contributed by atoms with Gasteiger partial charge in [-0.1, -0.05) is 66.8 Å². The van der Waals surface area contributed by atoms with Gasteiger partial charge in [-0.2, -0.15) is 0 Å². The van der Waals surface area contributed by atoms with Crippen molar-refractivity contribution in [1.82, 2.24) is 14.8 Å². The molecule has 11 nitrogen and oxygen atoms in total. The molecule has 0 saturated heterocycles. The van der Waals surface area contributed by atoms with Gasteiger partial charge in [-0.05, 0) is 54.6 Å². The lowest BCUT2D eigenvalue weighted by atomic mass is 9.97. The van der Waals surface area contributed by atoms with Crippen LogP contribution in [0.4, 0.5) is 10.8 Å². The Bertz CT molecular complexity index is 1990. The zero-order valence-corrected chi connectivity index (χ0v) is 25.0. The molecule has 2 aromatic heterocycles. The van der Waals surface area contributed by atoms with Crippen LogP contribution in [0, 0.1) is 6.92 Å². The van der Waals surface area contributed by atoms with Crippen molar-refractivity contribution in [2.45, 2.75) is 31.3 Å². The molecule has 0 spiro atoms. The Hall–Kier alpha value is -4.88. The molecule has 43 heavy (non-hydrogen) atoms. The predicted octanol–water partition coefficient (Wildman–Crippen LogP) is 4.74. The number of amides is 1. The number of nitrogens with zero attached hydrogens (tertiary/aromatic N) is 3. The molecule has 0 aliphatic rings. The number of fused-ring (bicyclic) bond motifs is 1. The fourth-order valence-electron chi connectivity index (χ4n) is 4.56. The largest absolute Gasteiger partial charge is 0.448 e. The molecule has 5 aromatic rings. The van der Waals surface area contributed by atoms with Crippen molar-refractivity contribution in [3.63, 3.8) is 0 Å². The van der Waals surface area contributed by atoms with E-state index in [1.807, 2.05) is 30.3 Å². The molecule has 0 bridgehead atoms. The van der Waals surface area contributed by atoms with E-state index in [9.17, 15) is 22.8 Å². The molecule has 0 aliphatic heterocycles. The van der Waals surface area contributed by atoms with Gasteiger partial charge in [0.15, 0.2) is 6.10 Å². The number of aromatic nitrogens is 3. The highest BCUT2D eigenvalue weighted by Crippen LogP contribution is 2.31. The molecule has 2 N–H and O–H groups in total. The monoisotopic (exact) mass is 617 g/mol. The van der Waals surface area contributed by atoms with Crippen LogP contribution in [0.5, 0.6) is 0 Å². The predicted molar refractivity (Wildman–Crippen MR) is 165 cm³/mol. The highest BCUT2D eigenvalue weighted by atomic mass is 32.2. The summed E-state index contributed by atoms with van der Waals surface area (Å²) in [5, 5.41) is 12.0. The smallest absolute Gasteiger partial charge is 0.356 e. The fraction of sp³-hybridized carbons (Fsp3) is 0.167. The molecule has 0 aliphatic carbocycles. The van der Waals surface area contributed by atoms with E-state index in [4.69, 9.17) is 4.74 Å². The highest BCUT2D eigenvalue weighted by molar-refractivity contribution is 7.93. The Balaban J connectivity index is 1.38. The van der Waals surface area contributed by atoms with E-state index in [1.54, 1.807) is 38.1 Å². The maximum absolute atomic E-state index is 13.6. The summed E-state index contributed by atoms with van der Waals surface area (Å²) >= 11 is 1.10. The second-order valence-electron chi connectivity index (χ2n) is 9.55. The summed E-state index contributed by atoms with van der Waals surface area (Å²) in [6, 6.07) is 21.7. The van der Waals surface area contributed by atoms with Gasteiger partial charge < -0.3 is 14.6 Å². The van der Waals surface area contributed by atoms with E-state index in [0.29, 0.717) is 32.6 Å². The van der Waals surface area contributed by atoms with Crippen LogP contribution in [0.1, 0.15) is 28.8 Å². The highest BCUT2D eigenvalue weighted by Gasteiger charge is 2.28. The molecular formula is C30H27N5O6S2. The zero-order chi connectivity index (χ0) is 30.7. The number of rotatable bonds is 9. The number of nitrogens with one attached hydrogen (secondary N) is 2. The van der Waals surface area contributed by atoms with Gasteiger partial charge in [-0.25, -0.2) is 13.2 Å². The molecule has 1 atom stereocenters. The summed E-state index contributed by atoms with van der Waals surface area (Å²) in [7, 11) is -2.42. The van der Waals surface area contributed by atoms with E-state index >= 15 is 0 Å². The van der Waals surface area contributed by atoms with Gasteiger partial charge in [0.1, 0.15) is 10.7 Å². The van der Waals surface area contributed by atoms with Crippen LogP contribution >= 0.6 is 11.3 Å². The number of aryl methyl sites for hydroxylation is 1. The van der Waals surface area contributed by atoms with E-state index in [1.165, 1.54) is 35.9 Å². The number of hydrogen-bond acceptors (Lipinski definition) is 9. The van der Waals surface area contributed by atoms with Crippen molar-refractivity contribution >= 4 is 54.8 Å². The van der Waals surface area contributed by atoms with Crippen molar-refractivity contribution in [2.24, 2.45) is 7.05 Å². The van der Waals surface area contributed by atoms with Gasteiger partial charge >= 0.3 is 5.97 Å². The molecule has 0 fully saturated rings. The summed E-state index contributed by atoms with van der Waals surface area (Å²) in [4.78, 5) is 39.9. The average Bonchev–Trinajstić information content (AvgIpc) is 3.41. The zero-order valence-electron chi connectivity index (χ0n) is 23.4. The number of benzene rings is 3. The molecular weight excluding hydrogens is 590 g/mol. The lowest BCUT2D eigenvalue weighted by molar-refractivity contribution is -0.124. The lowest BCUT2D eigenvalue weighted by Gasteiger charge is -2.20. The molecule has 1 unspecified atom stereocenters. The Labute approximate surface area is 251 Å². The van der Waals surface area contributed by atoms with E-state index < -0.39 is 28.0 Å². The number of carbonyl (C=O) groups excluding carboxylic acids is 2. The number of anilines is 2. The van der Waals surface area contributed by atoms with Crippen molar-refractivity contribution in [3.8, 4) is 11.1 Å². The normalized spacial score (nSPS) is 12.1. The Kier molecular flexibility index (Phi) is 8.37. The molecule has 0 saturated carbocycles. The van der Waals surface area contributed by atoms with Crippen LogP contribution in [0.3, 0.4) is 0 Å². The maximum Gasteiger partial charge on any atom is 0.356 e. The number of sulfonamides is 1. The number of carbonyl (C=O) groups is 2. The molecule has 13 heteroatoms. The number of hydrogen-bond donors (Lipinski definition) is 2. The minimum absolute atomic E-state index is 0.0221. The van der Waals surface area contributed by atoms with E-state index in [-0.39, 0.29) is 27.7 Å². The first-order valence-corrected chi connectivity index (χ1v) is 15.5. The number of pyridine rings is 1. The van der Waals surface area contributed by atoms with E-state index in [0.717, 1.165) is 11.3 Å². The maximum atomic E-state index is 13.6. The van der Waals surface area contributed by atoms with E-state index in [2.05, 4.69) is 20.2 Å². The third-order valence-electron chi connectivity index (χ3n) is 6.65. The van der Waals surface area contributed by atoms with Crippen molar-refractivity contribution in [2.75, 3.05) is 10.0 Å². The summed E-state index contributed by atoms with van der Waals surface area (Å²) in [5.41, 5.74) is 1.19. The molecule has 220 valence electrons. The first-order chi connectivity index (χ1) is 20.6. The Morgan fingerprint density at radius 1 is 0.953 bits per heavy atom. The molecule has 1 amide bonds. The summed E-state index contributed by atoms with van der Waals surface area (Å²) < 4.78 is 34.6. The standard InChI is InChI=1S/C30H27N5O6S2/c1-4-24(27(36)31-20-14-16-21(17-15-20)43(39,40)34-30-33-32-18(2)42-30)41-29(38)26-25(19-10-6-5-7-11-19)22-12-8-9-13-23(22)28(37)35(26)3/h5-17,24H,4H2,1-3H3,(H,31,36)(H,33,34). The molecule has 5 rings (SSSR count). The van der Waals surface area contributed by atoms with Crippen LogP contribution in [0.25, 0.3) is 21.9 Å². The summed E-state index contributed by atoms with van der Waals surface area (Å²) in [5.74, 6) is -1.44. The summed E-state index contributed by atoms with van der Waals surface area (Å²) in [6.45, 7) is 3.39. The Morgan fingerprint density at radius 3 is 2.23 bits per heavy atom. The van der Waals surface area contributed by atoms with Crippen LogP contribution in [-0.4, -0.2) is 41.2 Å². The van der Waals surface area contributed by atoms with Crippen LogP contribution in [0.2, 0.25) is 0 Å². The SMILES string of the molecule is CCC(OC(=O)c1c(-c2ccccc2)c2ccccc2c(=O)n1C)C(=O)Nc1ccc(S(=O)(=O)Nc2nnc(C)s2)cc1. The first-order valence-electron chi connectivity index (χ1n) is 13.2. The third kappa shape index (κ3) is 6.17. The quantitative estimate of drug-likeness (QED) is 0.225. The minimum atomic E-state index is -3.92. The van der Waals surface area contributed by atoms with Crippen LogP contribution < -0.4 is 15.6 Å². The summed E-state index contributed by atoms with van der Waals surface area (Å²) in [6.07, 6.45) is -1.04. The molecule has 3 aromatic carbocycles. The van der Waals surface area contributed by atoms with Gasteiger partial charge in [-0.3, -0.25) is 14.3 Å².